The maximum absolute atomic E-state index is 4.47. The summed E-state index contributed by atoms with van der Waals surface area (Å²) < 4.78 is 1.90. The molecule has 3 aromatic rings. The standard InChI is InChI=1S/C16H18N4/c1-12-15(11-19-20(12)2)10-17-9-14-6-3-5-13-7-4-8-18-16(13)14/h3-8,11,17H,9-10H2,1-2H3. The molecule has 0 radical (unpaired) electrons. The number of pyridine rings is 1. The minimum Gasteiger partial charge on any atom is -0.308 e. The summed E-state index contributed by atoms with van der Waals surface area (Å²) >= 11 is 0. The Bertz CT molecular complexity index is 725. The number of nitrogens with one attached hydrogen (secondary N) is 1. The number of nitrogens with zero attached hydrogens (tertiary/aromatic N) is 3. The maximum Gasteiger partial charge on any atom is 0.0746 e. The van der Waals surface area contributed by atoms with Crippen molar-refractivity contribution in [3.05, 3.63) is 59.5 Å². The Morgan fingerprint density at radius 2 is 1.90 bits per heavy atom. The van der Waals surface area contributed by atoms with Crippen LogP contribution in [0.5, 0.6) is 0 Å². The SMILES string of the molecule is Cc1c(CNCc2cccc3cccnc23)cnn1C. The van der Waals surface area contributed by atoms with E-state index >= 15 is 0 Å². The quantitative estimate of drug-likeness (QED) is 0.789. The molecule has 0 bridgehead atoms. The van der Waals surface area contributed by atoms with Gasteiger partial charge < -0.3 is 5.32 Å². The van der Waals surface area contributed by atoms with E-state index in [2.05, 4.69) is 46.6 Å². The normalized spacial score (nSPS) is 11.1. The lowest BCUT2D eigenvalue weighted by Crippen LogP contribution is -2.13. The fourth-order valence-electron chi connectivity index (χ4n) is 2.36. The Morgan fingerprint density at radius 1 is 1.10 bits per heavy atom. The van der Waals surface area contributed by atoms with Gasteiger partial charge in [0.1, 0.15) is 0 Å². The molecule has 0 saturated carbocycles. The summed E-state index contributed by atoms with van der Waals surface area (Å²) in [5.41, 5.74) is 4.74. The third-order valence-electron chi connectivity index (χ3n) is 3.68. The first-order valence-electron chi connectivity index (χ1n) is 6.76. The van der Waals surface area contributed by atoms with Crippen molar-refractivity contribution in [1.29, 1.82) is 0 Å². The van der Waals surface area contributed by atoms with E-state index in [1.165, 1.54) is 22.2 Å². The summed E-state index contributed by atoms with van der Waals surface area (Å²) in [7, 11) is 1.97. The van der Waals surface area contributed by atoms with Crippen molar-refractivity contribution in [3.8, 4) is 0 Å². The molecule has 4 nitrogen and oxygen atoms in total. The van der Waals surface area contributed by atoms with Gasteiger partial charge in [0, 0.05) is 43.0 Å². The molecule has 0 saturated heterocycles. The summed E-state index contributed by atoms with van der Waals surface area (Å²) in [5.74, 6) is 0. The molecule has 4 heteroatoms. The smallest absolute Gasteiger partial charge is 0.0746 e. The van der Waals surface area contributed by atoms with Crippen LogP contribution in [0.4, 0.5) is 0 Å². The number of fused-ring (bicyclic) bond motifs is 1. The summed E-state index contributed by atoms with van der Waals surface area (Å²) in [6, 6.07) is 10.4. The molecule has 3 rings (SSSR count). The van der Waals surface area contributed by atoms with E-state index in [-0.39, 0.29) is 0 Å². The van der Waals surface area contributed by atoms with E-state index < -0.39 is 0 Å². The van der Waals surface area contributed by atoms with Crippen LogP contribution in [0, 0.1) is 6.92 Å². The molecular formula is C16H18N4. The fraction of sp³-hybridized carbons (Fsp3) is 0.250. The molecular weight excluding hydrogens is 248 g/mol. The van der Waals surface area contributed by atoms with Crippen molar-refractivity contribution < 1.29 is 0 Å². The van der Waals surface area contributed by atoms with Crippen LogP contribution in [-0.2, 0) is 20.1 Å². The van der Waals surface area contributed by atoms with Gasteiger partial charge in [-0.15, -0.1) is 0 Å². The van der Waals surface area contributed by atoms with Crippen molar-refractivity contribution in [3.63, 3.8) is 0 Å². The Balaban J connectivity index is 1.73. The highest BCUT2D eigenvalue weighted by Crippen LogP contribution is 2.15. The van der Waals surface area contributed by atoms with Gasteiger partial charge in [0.2, 0.25) is 0 Å². The number of para-hydroxylation sites is 1. The number of aryl methyl sites for hydroxylation is 1. The number of hydrogen-bond acceptors (Lipinski definition) is 3. The zero-order chi connectivity index (χ0) is 13.9. The zero-order valence-corrected chi connectivity index (χ0v) is 11.8. The molecule has 0 aliphatic rings. The lowest BCUT2D eigenvalue weighted by atomic mass is 10.1. The highest BCUT2D eigenvalue weighted by Gasteiger charge is 2.04. The minimum atomic E-state index is 0.808. The second kappa shape index (κ2) is 5.43. The van der Waals surface area contributed by atoms with Gasteiger partial charge in [0.05, 0.1) is 11.7 Å². The maximum atomic E-state index is 4.47. The summed E-state index contributed by atoms with van der Waals surface area (Å²) in [6.07, 6.45) is 3.76. The molecule has 0 atom stereocenters. The largest absolute Gasteiger partial charge is 0.308 e. The van der Waals surface area contributed by atoms with Gasteiger partial charge in [-0.3, -0.25) is 9.67 Å². The third kappa shape index (κ3) is 2.42. The number of aromatic nitrogens is 3. The van der Waals surface area contributed by atoms with Crippen molar-refractivity contribution >= 4 is 10.9 Å². The van der Waals surface area contributed by atoms with Crippen molar-refractivity contribution in [2.24, 2.45) is 7.05 Å². The second-order valence-corrected chi connectivity index (χ2v) is 4.97. The molecule has 0 spiro atoms. The number of rotatable bonds is 4. The molecule has 102 valence electrons. The Labute approximate surface area is 118 Å². The van der Waals surface area contributed by atoms with Crippen LogP contribution in [-0.4, -0.2) is 14.8 Å². The van der Waals surface area contributed by atoms with Crippen LogP contribution < -0.4 is 5.32 Å². The lowest BCUT2D eigenvalue weighted by molar-refractivity contribution is 0.686. The molecule has 2 aromatic heterocycles. The van der Waals surface area contributed by atoms with Crippen LogP contribution in [0.15, 0.2) is 42.7 Å². The first kappa shape index (κ1) is 12.8. The first-order valence-corrected chi connectivity index (χ1v) is 6.76. The molecule has 0 aliphatic carbocycles. The molecule has 2 heterocycles. The van der Waals surface area contributed by atoms with E-state index in [9.17, 15) is 0 Å². The van der Waals surface area contributed by atoms with Crippen LogP contribution in [0.25, 0.3) is 10.9 Å². The van der Waals surface area contributed by atoms with E-state index in [1.54, 1.807) is 0 Å². The van der Waals surface area contributed by atoms with E-state index in [0.717, 1.165) is 18.6 Å². The second-order valence-electron chi connectivity index (χ2n) is 4.97. The summed E-state index contributed by atoms with van der Waals surface area (Å²) in [4.78, 5) is 4.47. The van der Waals surface area contributed by atoms with E-state index in [0.29, 0.717) is 0 Å². The fourth-order valence-corrected chi connectivity index (χ4v) is 2.36. The molecule has 0 fully saturated rings. The van der Waals surface area contributed by atoms with Gasteiger partial charge in [-0.25, -0.2) is 0 Å². The van der Waals surface area contributed by atoms with Gasteiger partial charge in [0.15, 0.2) is 0 Å². The van der Waals surface area contributed by atoms with Crippen LogP contribution >= 0.6 is 0 Å². The highest BCUT2D eigenvalue weighted by atomic mass is 15.3. The average molecular weight is 266 g/mol. The van der Waals surface area contributed by atoms with Crippen molar-refractivity contribution in [2.45, 2.75) is 20.0 Å². The van der Waals surface area contributed by atoms with E-state index in [1.807, 2.05) is 30.2 Å². The van der Waals surface area contributed by atoms with Crippen LogP contribution in [0.1, 0.15) is 16.8 Å². The monoisotopic (exact) mass is 266 g/mol. The van der Waals surface area contributed by atoms with Gasteiger partial charge in [-0.2, -0.15) is 5.10 Å². The topological polar surface area (TPSA) is 42.7 Å². The third-order valence-corrected chi connectivity index (χ3v) is 3.68. The molecule has 0 amide bonds. The average Bonchev–Trinajstić information content (AvgIpc) is 2.79. The van der Waals surface area contributed by atoms with Crippen LogP contribution in [0.3, 0.4) is 0 Å². The van der Waals surface area contributed by atoms with Gasteiger partial charge in [-0.05, 0) is 18.6 Å². The first-order chi connectivity index (χ1) is 9.75. The van der Waals surface area contributed by atoms with E-state index in [4.69, 9.17) is 0 Å². The van der Waals surface area contributed by atoms with Gasteiger partial charge in [0.25, 0.3) is 0 Å². The summed E-state index contributed by atoms with van der Waals surface area (Å²) in [6.45, 7) is 3.72. The predicted molar refractivity (Wildman–Crippen MR) is 80.2 cm³/mol. The highest BCUT2D eigenvalue weighted by molar-refractivity contribution is 5.81. The molecule has 20 heavy (non-hydrogen) atoms. The summed E-state index contributed by atoms with van der Waals surface area (Å²) in [5, 5.41) is 8.91. The van der Waals surface area contributed by atoms with Crippen LogP contribution in [0.2, 0.25) is 0 Å². The Hall–Kier alpha value is -2.20. The molecule has 0 aliphatic heterocycles. The molecule has 1 aromatic carbocycles. The van der Waals surface area contributed by atoms with Gasteiger partial charge in [-0.1, -0.05) is 24.3 Å². The number of benzene rings is 1. The van der Waals surface area contributed by atoms with Crippen molar-refractivity contribution in [2.75, 3.05) is 0 Å². The van der Waals surface area contributed by atoms with Gasteiger partial charge >= 0.3 is 0 Å². The minimum absolute atomic E-state index is 0.808. The number of hydrogen-bond donors (Lipinski definition) is 1. The Kier molecular flexibility index (Phi) is 3.48. The van der Waals surface area contributed by atoms with Crippen molar-refractivity contribution in [1.82, 2.24) is 20.1 Å². The zero-order valence-electron chi connectivity index (χ0n) is 11.8. The molecule has 1 N–H and O–H groups in total. The molecule has 0 unspecified atom stereocenters. The predicted octanol–water partition coefficient (Wildman–Crippen LogP) is 2.57. The Morgan fingerprint density at radius 3 is 2.70 bits per heavy atom. The lowest BCUT2D eigenvalue weighted by Gasteiger charge is -2.07.